The van der Waals surface area contributed by atoms with Crippen LogP contribution < -0.4 is 5.32 Å². The number of fused-ring (bicyclic) bond motifs is 1. The fourth-order valence-electron chi connectivity index (χ4n) is 3.44. The number of para-hydroxylation sites is 2. The van der Waals surface area contributed by atoms with Crippen molar-refractivity contribution < 1.29 is 9.18 Å². The van der Waals surface area contributed by atoms with Gasteiger partial charge in [-0.05, 0) is 61.4 Å². The van der Waals surface area contributed by atoms with Crippen LogP contribution in [0.3, 0.4) is 0 Å². The molecule has 0 fully saturated rings. The molecule has 0 spiro atoms. The van der Waals surface area contributed by atoms with E-state index in [-0.39, 0.29) is 18.3 Å². The Labute approximate surface area is 169 Å². The van der Waals surface area contributed by atoms with E-state index in [4.69, 9.17) is 4.98 Å². The number of aromatic nitrogens is 2. The van der Waals surface area contributed by atoms with E-state index in [9.17, 15) is 9.18 Å². The number of benzene rings is 3. The predicted molar refractivity (Wildman–Crippen MR) is 112 cm³/mol. The van der Waals surface area contributed by atoms with Gasteiger partial charge in [-0.3, -0.25) is 4.79 Å². The number of hydrogen-bond acceptors (Lipinski definition) is 2. The summed E-state index contributed by atoms with van der Waals surface area (Å²) >= 11 is 0. The number of carbonyl (C=O) groups excluding carboxylic acids is 1. The third-order valence-corrected chi connectivity index (χ3v) is 5.08. The number of amides is 1. The number of imidazole rings is 1. The van der Waals surface area contributed by atoms with Gasteiger partial charge in [0.05, 0.1) is 17.6 Å². The first-order valence-corrected chi connectivity index (χ1v) is 9.55. The molecule has 29 heavy (non-hydrogen) atoms. The summed E-state index contributed by atoms with van der Waals surface area (Å²) in [5.74, 6) is 0.162. The van der Waals surface area contributed by atoms with Crippen molar-refractivity contribution in [1.29, 1.82) is 0 Å². The average Bonchev–Trinajstić information content (AvgIpc) is 3.07. The Morgan fingerprint density at radius 1 is 1.03 bits per heavy atom. The van der Waals surface area contributed by atoms with Crippen molar-refractivity contribution in [3.8, 4) is 0 Å². The monoisotopic (exact) mass is 387 g/mol. The van der Waals surface area contributed by atoms with Crippen molar-refractivity contribution in [3.05, 3.63) is 101 Å². The second-order valence-electron chi connectivity index (χ2n) is 7.22. The largest absolute Gasteiger partial charge is 0.345 e. The molecular weight excluding hydrogens is 365 g/mol. The standard InChI is InChI=1S/C24H22FN3O/c1-16-7-8-17(2)19(13-16)15-28-22-6-4-3-5-21(22)27-23(28)14-26-24(29)18-9-11-20(25)12-10-18/h3-13H,14-15H2,1-2H3,(H,26,29). The summed E-state index contributed by atoms with van der Waals surface area (Å²) in [5, 5.41) is 2.90. The Morgan fingerprint density at radius 3 is 2.59 bits per heavy atom. The Kier molecular flexibility index (Phi) is 5.12. The van der Waals surface area contributed by atoms with Crippen LogP contribution in [0.25, 0.3) is 11.0 Å². The molecule has 0 aliphatic heterocycles. The number of aryl methyl sites for hydroxylation is 2. The molecule has 0 saturated carbocycles. The predicted octanol–water partition coefficient (Wildman–Crippen LogP) is 4.77. The molecule has 1 amide bonds. The maximum Gasteiger partial charge on any atom is 0.251 e. The van der Waals surface area contributed by atoms with Crippen LogP contribution in [0, 0.1) is 19.7 Å². The highest BCUT2D eigenvalue weighted by Gasteiger charge is 2.14. The average molecular weight is 387 g/mol. The van der Waals surface area contributed by atoms with Crippen LogP contribution in [-0.4, -0.2) is 15.5 Å². The lowest BCUT2D eigenvalue weighted by Crippen LogP contribution is -2.25. The van der Waals surface area contributed by atoms with E-state index < -0.39 is 0 Å². The van der Waals surface area contributed by atoms with Crippen LogP contribution in [-0.2, 0) is 13.1 Å². The van der Waals surface area contributed by atoms with Gasteiger partial charge in [0.15, 0.2) is 0 Å². The lowest BCUT2D eigenvalue weighted by atomic mass is 10.1. The molecule has 0 radical (unpaired) electrons. The molecule has 1 heterocycles. The van der Waals surface area contributed by atoms with E-state index >= 15 is 0 Å². The van der Waals surface area contributed by atoms with E-state index in [1.165, 1.54) is 41.0 Å². The van der Waals surface area contributed by atoms with E-state index in [0.29, 0.717) is 12.1 Å². The van der Waals surface area contributed by atoms with Gasteiger partial charge in [-0.2, -0.15) is 0 Å². The van der Waals surface area contributed by atoms with Crippen molar-refractivity contribution in [2.75, 3.05) is 0 Å². The second-order valence-corrected chi connectivity index (χ2v) is 7.22. The molecule has 4 nitrogen and oxygen atoms in total. The van der Waals surface area contributed by atoms with E-state index in [0.717, 1.165) is 16.9 Å². The summed E-state index contributed by atoms with van der Waals surface area (Å²) in [4.78, 5) is 17.2. The fourth-order valence-corrected chi connectivity index (χ4v) is 3.44. The van der Waals surface area contributed by atoms with Gasteiger partial charge in [0, 0.05) is 12.1 Å². The highest BCUT2D eigenvalue weighted by atomic mass is 19.1. The topological polar surface area (TPSA) is 46.9 Å². The first-order valence-electron chi connectivity index (χ1n) is 9.55. The zero-order chi connectivity index (χ0) is 20.4. The molecule has 4 aromatic rings. The summed E-state index contributed by atoms with van der Waals surface area (Å²) in [6.07, 6.45) is 0. The number of nitrogens with one attached hydrogen (secondary N) is 1. The van der Waals surface area contributed by atoms with Gasteiger partial charge in [0.25, 0.3) is 5.91 Å². The molecule has 0 aliphatic rings. The van der Waals surface area contributed by atoms with Crippen molar-refractivity contribution in [3.63, 3.8) is 0 Å². The number of halogens is 1. The minimum absolute atomic E-state index is 0.254. The minimum Gasteiger partial charge on any atom is -0.345 e. The van der Waals surface area contributed by atoms with Gasteiger partial charge in [-0.1, -0.05) is 35.9 Å². The Bertz CT molecular complexity index is 1180. The van der Waals surface area contributed by atoms with Crippen molar-refractivity contribution in [2.45, 2.75) is 26.9 Å². The lowest BCUT2D eigenvalue weighted by molar-refractivity contribution is 0.0949. The van der Waals surface area contributed by atoms with Gasteiger partial charge in [-0.15, -0.1) is 0 Å². The van der Waals surface area contributed by atoms with Gasteiger partial charge < -0.3 is 9.88 Å². The summed E-state index contributed by atoms with van der Waals surface area (Å²) < 4.78 is 15.2. The summed E-state index contributed by atoms with van der Waals surface area (Å²) in [5.41, 5.74) is 5.99. The summed E-state index contributed by atoms with van der Waals surface area (Å²) in [7, 11) is 0. The molecule has 3 aromatic carbocycles. The summed E-state index contributed by atoms with van der Waals surface area (Å²) in [6.45, 7) is 5.15. The molecule has 0 aliphatic carbocycles. The lowest BCUT2D eigenvalue weighted by Gasteiger charge is -2.13. The SMILES string of the molecule is Cc1ccc(C)c(Cn2c(CNC(=O)c3ccc(F)cc3)nc3ccccc32)c1. The number of carbonyl (C=O) groups is 1. The van der Waals surface area contributed by atoms with Gasteiger partial charge in [0.2, 0.25) is 0 Å². The Balaban J connectivity index is 1.63. The molecule has 0 saturated heterocycles. The molecule has 1 aromatic heterocycles. The number of rotatable bonds is 5. The van der Waals surface area contributed by atoms with E-state index in [1.807, 2.05) is 24.3 Å². The first-order chi connectivity index (χ1) is 14.0. The fraction of sp³-hybridized carbons (Fsp3) is 0.167. The highest BCUT2D eigenvalue weighted by Crippen LogP contribution is 2.20. The van der Waals surface area contributed by atoms with E-state index in [1.54, 1.807) is 0 Å². The van der Waals surface area contributed by atoms with Crippen LogP contribution in [0.1, 0.15) is 32.9 Å². The molecule has 4 rings (SSSR count). The molecule has 146 valence electrons. The zero-order valence-electron chi connectivity index (χ0n) is 16.4. The molecular formula is C24H22FN3O. The smallest absolute Gasteiger partial charge is 0.251 e. The molecule has 0 unspecified atom stereocenters. The molecule has 0 bridgehead atoms. The van der Waals surface area contributed by atoms with Crippen molar-refractivity contribution in [2.24, 2.45) is 0 Å². The third kappa shape index (κ3) is 4.04. The van der Waals surface area contributed by atoms with E-state index in [2.05, 4.69) is 41.9 Å². The minimum atomic E-state index is -0.364. The highest BCUT2D eigenvalue weighted by molar-refractivity contribution is 5.94. The Morgan fingerprint density at radius 2 is 1.79 bits per heavy atom. The second kappa shape index (κ2) is 7.87. The van der Waals surface area contributed by atoms with Crippen molar-refractivity contribution >= 4 is 16.9 Å². The summed E-state index contributed by atoms with van der Waals surface area (Å²) in [6, 6.07) is 19.9. The first kappa shape index (κ1) is 18.9. The zero-order valence-corrected chi connectivity index (χ0v) is 16.4. The third-order valence-electron chi connectivity index (χ3n) is 5.08. The van der Waals surface area contributed by atoms with Crippen LogP contribution in [0.5, 0.6) is 0 Å². The molecule has 1 N–H and O–H groups in total. The molecule has 0 atom stereocenters. The maximum absolute atomic E-state index is 13.1. The van der Waals surface area contributed by atoms with Crippen LogP contribution in [0.4, 0.5) is 4.39 Å². The van der Waals surface area contributed by atoms with Crippen LogP contribution in [0.15, 0.2) is 66.7 Å². The quantitative estimate of drug-likeness (QED) is 0.536. The normalized spacial score (nSPS) is 11.0. The van der Waals surface area contributed by atoms with Gasteiger partial charge in [-0.25, -0.2) is 9.37 Å². The maximum atomic E-state index is 13.1. The number of hydrogen-bond donors (Lipinski definition) is 1. The van der Waals surface area contributed by atoms with Crippen LogP contribution in [0.2, 0.25) is 0 Å². The van der Waals surface area contributed by atoms with Crippen molar-refractivity contribution in [1.82, 2.24) is 14.9 Å². The molecule has 5 heteroatoms. The Hall–Kier alpha value is -3.47. The van der Waals surface area contributed by atoms with Crippen LogP contribution >= 0.6 is 0 Å². The van der Waals surface area contributed by atoms with Gasteiger partial charge >= 0.3 is 0 Å². The van der Waals surface area contributed by atoms with Gasteiger partial charge in [0.1, 0.15) is 11.6 Å². The number of nitrogens with zero attached hydrogens (tertiary/aromatic N) is 2.